The molecular formula is C22H22FN3O2. The molecule has 0 saturated heterocycles. The van der Waals surface area contributed by atoms with Gasteiger partial charge in [0, 0.05) is 33.9 Å². The van der Waals surface area contributed by atoms with Crippen LogP contribution in [-0.2, 0) is 4.79 Å². The smallest absolute Gasteiger partial charge is 0.256 e. The minimum absolute atomic E-state index is 0.117. The second-order valence-corrected chi connectivity index (χ2v) is 7.71. The maximum absolute atomic E-state index is 13.5. The molecule has 0 spiro atoms. The van der Waals surface area contributed by atoms with E-state index in [1.54, 1.807) is 43.3 Å². The molecule has 3 rings (SSSR count). The fourth-order valence-corrected chi connectivity index (χ4v) is 2.71. The number of amides is 2. The summed E-state index contributed by atoms with van der Waals surface area (Å²) in [6.45, 7) is 7.23. The van der Waals surface area contributed by atoms with Gasteiger partial charge in [-0.1, -0.05) is 26.8 Å². The number of nitrogens with zero attached hydrogens (tertiary/aromatic N) is 1. The molecule has 5 nitrogen and oxygen atoms in total. The van der Waals surface area contributed by atoms with Crippen LogP contribution in [-0.4, -0.2) is 16.8 Å². The molecule has 0 aliphatic carbocycles. The van der Waals surface area contributed by atoms with Gasteiger partial charge in [0.15, 0.2) is 0 Å². The Balaban J connectivity index is 1.87. The summed E-state index contributed by atoms with van der Waals surface area (Å²) in [6, 6.07) is 12.8. The molecule has 0 atom stereocenters. The first-order chi connectivity index (χ1) is 13.1. The molecule has 6 heteroatoms. The van der Waals surface area contributed by atoms with Crippen molar-refractivity contribution in [3.05, 3.63) is 65.6 Å². The van der Waals surface area contributed by atoms with Crippen LogP contribution < -0.4 is 10.6 Å². The second-order valence-electron chi connectivity index (χ2n) is 7.71. The van der Waals surface area contributed by atoms with Crippen molar-refractivity contribution >= 4 is 34.1 Å². The first-order valence-electron chi connectivity index (χ1n) is 8.93. The summed E-state index contributed by atoms with van der Waals surface area (Å²) in [6.07, 6.45) is 0. The van der Waals surface area contributed by atoms with E-state index in [9.17, 15) is 14.0 Å². The molecule has 3 aromatic rings. The lowest BCUT2D eigenvalue weighted by molar-refractivity contribution is -0.123. The van der Waals surface area contributed by atoms with E-state index in [0.29, 0.717) is 33.5 Å². The van der Waals surface area contributed by atoms with E-state index in [2.05, 4.69) is 15.6 Å². The number of hydrogen-bond donors (Lipinski definition) is 2. The predicted octanol–water partition coefficient (Wildman–Crippen LogP) is 4.92. The molecule has 1 heterocycles. The number of anilines is 2. The number of fused-ring (bicyclic) bond motifs is 1. The zero-order chi connectivity index (χ0) is 20.5. The van der Waals surface area contributed by atoms with Gasteiger partial charge in [0.2, 0.25) is 5.91 Å². The van der Waals surface area contributed by atoms with Crippen molar-refractivity contribution in [2.24, 2.45) is 5.41 Å². The highest BCUT2D eigenvalue weighted by atomic mass is 19.1. The lowest BCUT2D eigenvalue weighted by Gasteiger charge is -2.18. The van der Waals surface area contributed by atoms with Crippen LogP contribution in [0, 0.1) is 18.2 Å². The van der Waals surface area contributed by atoms with Crippen LogP contribution in [0.2, 0.25) is 0 Å². The van der Waals surface area contributed by atoms with E-state index in [4.69, 9.17) is 0 Å². The molecule has 2 N–H and O–H groups in total. The van der Waals surface area contributed by atoms with Gasteiger partial charge in [-0.15, -0.1) is 0 Å². The first kappa shape index (κ1) is 19.5. The zero-order valence-electron chi connectivity index (χ0n) is 16.3. The van der Waals surface area contributed by atoms with Crippen LogP contribution in [0.5, 0.6) is 0 Å². The van der Waals surface area contributed by atoms with E-state index < -0.39 is 11.2 Å². The van der Waals surface area contributed by atoms with Crippen LogP contribution in [0.4, 0.5) is 15.8 Å². The fourth-order valence-electron chi connectivity index (χ4n) is 2.71. The first-order valence-corrected chi connectivity index (χ1v) is 8.93. The Hall–Kier alpha value is -3.28. The summed E-state index contributed by atoms with van der Waals surface area (Å²) in [5, 5.41) is 6.24. The normalized spacial score (nSPS) is 11.3. The Bertz CT molecular complexity index is 1070. The summed E-state index contributed by atoms with van der Waals surface area (Å²) < 4.78 is 13.5. The number of aryl methyl sites for hydroxylation is 1. The van der Waals surface area contributed by atoms with Crippen LogP contribution in [0.3, 0.4) is 0 Å². The van der Waals surface area contributed by atoms with Gasteiger partial charge in [-0.2, -0.15) is 0 Å². The monoisotopic (exact) mass is 379 g/mol. The lowest BCUT2D eigenvalue weighted by Crippen LogP contribution is -2.27. The second kappa shape index (κ2) is 7.38. The van der Waals surface area contributed by atoms with Crippen molar-refractivity contribution in [2.75, 3.05) is 10.6 Å². The van der Waals surface area contributed by atoms with Crippen LogP contribution in [0.1, 0.15) is 36.8 Å². The van der Waals surface area contributed by atoms with Gasteiger partial charge in [-0.3, -0.25) is 14.6 Å². The number of aromatic nitrogens is 1. The molecule has 0 radical (unpaired) electrons. The van der Waals surface area contributed by atoms with Gasteiger partial charge < -0.3 is 10.6 Å². The Morgan fingerprint density at radius 3 is 2.32 bits per heavy atom. The molecule has 0 unspecified atom stereocenters. The van der Waals surface area contributed by atoms with Gasteiger partial charge in [0.25, 0.3) is 5.91 Å². The standard InChI is InChI=1S/C22H22FN3O2/c1-13-10-18(17-9-8-14(23)11-19(17)24-13)20(27)25-15-6-5-7-16(12-15)26-21(28)22(2,3)4/h5-12H,1-4H3,(H,25,27)(H,26,28). The molecular weight excluding hydrogens is 357 g/mol. The number of carbonyl (C=O) groups excluding carboxylic acids is 2. The summed E-state index contributed by atoms with van der Waals surface area (Å²) in [4.78, 5) is 29.3. The van der Waals surface area contributed by atoms with Gasteiger partial charge in [0.05, 0.1) is 11.1 Å². The zero-order valence-corrected chi connectivity index (χ0v) is 16.3. The van der Waals surface area contributed by atoms with Crippen molar-refractivity contribution in [1.82, 2.24) is 4.98 Å². The fraction of sp³-hybridized carbons (Fsp3) is 0.227. The Morgan fingerprint density at radius 1 is 0.964 bits per heavy atom. The summed E-state index contributed by atoms with van der Waals surface area (Å²) >= 11 is 0. The van der Waals surface area contributed by atoms with E-state index in [0.717, 1.165) is 0 Å². The van der Waals surface area contributed by atoms with E-state index in [1.807, 2.05) is 20.8 Å². The van der Waals surface area contributed by atoms with Crippen LogP contribution >= 0.6 is 0 Å². The highest BCUT2D eigenvalue weighted by Gasteiger charge is 2.21. The molecule has 0 bridgehead atoms. The molecule has 144 valence electrons. The minimum atomic E-state index is -0.526. The number of halogens is 1. The largest absolute Gasteiger partial charge is 0.326 e. The number of nitrogens with one attached hydrogen (secondary N) is 2. The van der Waals surface area contributed by atoms with Crippen molar-refractivity contribution in [2.45, 2.75) is 27.7 Å². The highest BCUT2D eigenvalue weighted by molar-refractivity contribution is 6.12. The van der Waals surface area contributed by atoms with Crippen molar-refractivity contribution in [1.29, 1.82) is 0 Å². The molecule has 0 aliphatic heterocycles. The average molecular weight is 379 g/mol. The van der Waals surface area contributed by atoms with E-state index >= 15 is 0 Å². The SMILES string of the molecule is Cc1cc(C(=O)Nc2cccc(NC(=O)C(C)(C)C)c2)c2ccc(F)cc2n1. The molecule has 1 aromatic heterocycles. The van der Waals surface area contributed by atoms with Gasteiger partial charge in [0.1, 0.15) is 5.82 Å². The molecule has 0 aliphatic rings. The highest BCUT2D eigenvalue weighted by Crippen LogP contribution is 2.23. The van der Waals surface area contributed by atoms with E-state index in [1.165, 1.54) is 12.1 Å². The van der Waals surface area contributed by atoms with E-state index in [-0.39, 0.29) is 11.8 Å². The Kier molecular flexibility index (Phi) is 5.14. The summed E-state index contributed by atoms with van der Waals surface area (Å²) in [7, 11) is 0. The van der Waals surface area contributed by atoms with Gasteiger partial charge in [-0.05, 0) is 43.3 Å². The molecule has 2 amide bonds. The van der Waals surface area contributed by atoms with Crippen molar-refractivity contribution in [3.8, 4) is 0 Å². The summed E-state index contributed by atoms with van der Waals surface area (Å²) in [5.74, 6) is -0.852. The maximum Gasteiger partial charge on any atom is 0.256 e. The third-order valence-corrected chi connectivity index (χ3v) is 4.20. The third kappa shape index (κ3) is 4.34. The average Bonchev–Trinajstić information content (AvgIpc) is 2.60. The molecule has 28 heavy (non-hydrogen) atoms. The predicted molar refractivity (Wildman–Crippen MR) is 109 cm³/mol. The Morgan fingerprint density at radius 2 is 1.64 bits per heavy atom. The lowest BCUT2D eigenvalue weighted by atomic mass is 9.95. The number of hydrogen-bond acceptors (Lipinski definition) is 3. The summed E-state index contributed by atoms with van der Waals surface area (Å²) in [5.41, 5.74) is 2.07. The quantitative estimate of drug-likeness (QED) is 0.679. The third-order valence-electron chi connectivity index (χ3n) is 4.20. The maximum atomic E-state index is 13.5. The number of rotatable bonds is 3. The van der Waals surface area contributed by atoms with Gasteiger partial charge >= 0.3 is 0 Å². The van der Waals surface area contributed by atoms with Gasteiger partial charge in [-0.25, -0.2) is 4.39 Å². The molecule has 0 saturated carbocycles. The van der Waals surface area contributed by atoms with Crippen LogP contribution in [0.15, 0.2) is 48.5 Å². The minimum Gasteiger partial charge on any atom is -0.326 e. The van der Waals surface area contributed by atoms with Crippen LogP contribution in [0.25, 0.3) is 10.9 Å². The molecule has 2 aromatic carbocycles. The number of pyridine rings is 1. The number of carbonyl (C=O) groups is 2. The topological polar surface area (TPSA) is 71.1 Å². The number of benzene rings is 2. The Labute approximate surface area is 163 Å². The van der Waals surface area contributed by atoms with Crippen molar-refractivity contribution < 1.29 is 14.0 Å². The molecule has 0 fully saturated rings. The van der Waals surface area contributed by atoms with Crippen molar-refractivity contribution in [3.63, 3.8) is 0 Å².